The Morgan fingerprint density at radius 2 is 1.79 bits per heavy atom. The summed E-state index contributed by atoms with van der Waals surface area (Å²) in [5, 5.41) is 4.14. The van der Waals surface area contributed by atoms with Crippen LogP contribution in [0.2, 0.25) is 0 Å². The van der Waals surface area contributed by atoms with Gasteiger partial charge in [0.25, 0.3) is 11.8 Å². The zero-order valence-electron chi connectivity index (χ0n) is 18.5. The average Bonchev–Trinajstić information content (AvgIpc) is 3.39. The van der Waals surface area contributed by atoms with Gasteiger partial charge in [0.15, 0.2) is 5.76 Å². The lowest BCUT2D eigenvalue weighted by atomic mass is 10.0. The number of fused-ring (bicyclic) bond motifs is 2. The van der Waals surface area contributed by atoms with Gasteiger partial charge in [-0.05, 0) is 54.8 Å². The van der Waals surface area contributed by atoms with Gasteiger partial charge in [-0.3, -0.25) is 19.3 Å². The molecule has 3 heterocycles. The normalized spacial score (nSPS) is 15.9. The summed E-state index contributed by atoms with van der Waals surface area (Å²) in [6, 6.07) is 11.7. The van der Waals surface area contributed by atoms with Crippen LogP contribution in [0.4, 0.5) is 4.39 Å². The number of hydrogen-bond acceptors (Lipinski definition) is 6. The van der Waals surface area contributed by atoms with Crippen LogP contribution in [0.25, 0.3) is 11.3 Å². The van der Waals surface area contributed by atoms with Crippen molar-refractivity contribution in [2.45, 2.75) is 25.4 Å². The third kappa shape index (κ3) is 3.79. The van der Waals surface area contributed by atoms with E-state index in [2.05, 4.69) is 5.16 Å². The lowest BCUT2D eigenvalue weighted by Gasteiger charge is -2.33. The van der Waals surface area contributed by atoms with Crippen LogP contribution in [-0.2, 0) is 17.8 Å². The fraction of sp³-hybridized carbons (Fsp3) is 0.280. The van der Waals surface area contributed by atoms with Gasteiger partial charge < -0.3 is 9.42 Å². The lowest BCUT2D eigenvalue weighted by molar-refractivity contribution is -0.136. The highest BCUT2D eigenvalue weighted by Gasteiger charge is 2.44. The summed E-state index contributed by atoms with van der Waals surface area (Å²) in [6.45, 7) is 0.642. The van der Waals surface area contributed by atoms with Gasteiger partial charge >= 0.3 is 0 Å². The summed E-state index contributed by atoms with van der Waals surface area (Å²) in [4.78, 5) is 42.7. The standard InChI is InChI=1S/C25H22FN3O4S/c1-34-13-11-21(29-23(30)17-4-2-3-5-18(17)24(29)31)25(32)28-12-10-20-19(14-28)22(33-27-20)15-6-8-16(26)9-7-15/h2-9,21H,10-14H2,1H3. The number of carbonyl (C=O) groups is 3. The Hall–Kier alpha value is -3.46. The van der Waals surface area contributed by atoms with Crippen molar-refractivity contribution in [2.24, 2.45) is 0 Å². The van der Waals surface area contributed by atoms with Gasteiger partial charge in [-0.25, -0.2) is 4.39 Å². The molecule has 9 heteroatoms. The van der Waals surface area contributed by atoms with Crippen LogP contribution >= 0.6 is 11.8 Å². The highest BCUT2D eigenvalue weighted by atomic mass is 32.2. The van der Waals surface area contributed by atoms with Gasteiger partial charge in [0.05, 0.1) is 23.4 Å². The molecule has 174 valence electrons. The van der Waals surface area contributed by atoms with Crippen LogP contribution in [0.1, 0.15) is 38.4 Å². The van der Waals surface area contributed by atoms with Crippen molar-refractivity contribution in [2.75, 3.05) is 18.6 Å². The van der Waals surface area contributed by atoms with Crippen molar-refractivity contribution in [3.63, 3.8) is 0 Å². The first kappa shape index (κ1) is 22.3. The highest BCUT2D eigenvalue weighted by molar-refractivity contribution is 7.98. The summed E-state index contributed by atoms with van der Waals surface area (Å²) in [5.74, 6) is -0.387. The van der Waals surface area contributed by atoms with Crippen LogP contribution in [0.3, 0.4) is 0 Å². The number of rotatable bonds is 6. The van der Waals surface area contributed by atoms with Crippen LogP contribution in [0, 0.1) is 5.82 Å². The van der Waals surface area contributed by atoms with Gasteiger partial charge in [-0.15, -0.1) is 0 Å². The Morgan fingerprint density at radius 3 is 2.44 bits per heavy atom. The molecule has 0 fully saturated rings. The third-order valence-electron chi connectivity index (χ3n) is 6.27. The first-order valence-corrected chi connectivity index (χ1v) is 12.4. The number of aromatic nitrogens is 1. The van der Waals surface area contributed by atoms with Crippen molar-refractivity contribution in [3.8, 4) is 11.3 Å². The fourth-order valence-electron chi connectivity index (χ4n) is 4.52. The number of thioether (sulfide) groups is 1. The summed E-state index contributed by atoms with van der Waals surface area (Å²) in [6.07, 6.45) is 2.77. The van der Waals surface area contributed by atoms with E-state index in [9.17, 15) is 18.8 Å². The molecule has 2 aliphatic rings. The zero-order valence-corrected chi connectivity index (χ0v) is 19.3. The maximum Gasteiger partial charge on any atom is 0.262 e. The Morgan fingerprint density at radius 1 is 1.12 bits per heavy atom. The molecule has 3 amide bonds. The van der Waals surface area contributed by atoms with E-state index in [1.165, 1.54) is 12.1 Å². The molecule has 0 aliphatic carbocycles. The van der Waals surface area contributed by atoms with Gasteiger partial charge in [0.2, 0.25) is 5.91 Å². The van der Waals surface area contributed by atoms with Gasteiger partial charge in [0, 0.05) is 24.1 Å². The van der Waals surface area contributed by atoms with Crippen molar-refractivity contribution < 1.29 is 23.3 Å². The first-order chi connectivity index (χ1) is 16.5. The molecule has 2 aromatic carbocycles. The number of nitrogens with zero attached hydrogens (tertiary/aromatic N) is 3. The number of amides is 3. The van der Waals surface area contributed by atoms with Gasteiger partial charge in [0.1, 0.15) is 11.9 Å². The van der Waals surface area contributed by atoms with E-state index < -0.39 is 17.9 Å². The topological polar surface area (TPSA) is 83.7 Å². The average molecular weight is 480 g/mol. The van der Waals surface area contributed by atoms with Crippen molar-refractivity contribution in [3.05, 3.63) is 76.7 Å². The molecule has 5 rings (SSSR count). The number of hydrogen-bond donors (Lipinski definition) is 0. The zero-order chi connectivity index (χ0) is 23.8. The summed E-state index contributed by atoms with van der Waals surface area (Å²) in [5.41, 5.74) is 2.84. The third-order valence-corrected chi connectivity index (χ3v) is 6.92. The number of halogens is 1. The van der Waals surface area contributed by atoms with Crippen LogP contribution < -0.4 is 0 Å². The molecule has 0 N–H and O–H groups in total. The number of imide groups is 1. The molecule has 0 bridgehead atoms. The van der Waals surface area contributed by atoms with Gasteiger partial charge in [-0.2, -0.15) is 11.8 Å². The summed E-state index contributed by atoms with van der Waals surface area (Å²) in [7, 11) is 0. The van der Waals surface area contributed by atoms with Crippen LogP contribution in [-0.4, -0.2) is 57.3 Å². The molecule has 1 unspecified atom stereocenters. The van der Waals surface area contributed by atoms with Crippen LogP contribution in [0.5, 0.6) is 0 Å². The second-order valence-corrected chi connectivity index (χ2v) is 9.26. The minimum atomic E-state index is -0.893. The summed E-state index contributed by atoms with van der Waals surface area (Å²) < 4.78 is 18.9. The molecular formula is C25H22FN3O4S. The molecule has 1 aromatic heterocycles. The van der Waals surface area contributed by atoms with Crippen LogP contribution in [0.15, 0.2) is 53.1 Å². The molecule has 0 radical (unpaired) electrons. The molecule has 2 aliphatic heterocycles. The number of carbonyl (C=O) groups excluding carboxylic acids is 3. The largest absolute Gasteiger partial charge is 0.356 e. The van der Waals surface area contributed by atoms with E-state index in [1.807, 2.05) is 6.26 Å². The van der Waals surface area contributed by atoms with E-state index in [0.29, 0.717) is 47.6 Å². The quantitative estimate of drug-likeness (QED) is 0.501. The molecule has 0 spiro atoms. The maximum absolute atomic E-state index is 13.7. The second kappa shape index (κ2) is 9.06. The van der Waals surface area contributed by atoms with E-state index in [4.69, 9.17) is 4.52 Å². The lowest BCUT2D eigenvalue weighted by Crippen LogP contribution is -2.52. The predicted molar refractivity (Wildman–Crippen MR) is 125 cm³/mol. The number of benzene rings is 2. The minimum absolute atomic E-state index is 0.239. The fourth-order valence-corrected chi connectivity index (χ4v) is 4.98. The molecule has 3 aromatic rings. The maximum atomic E-state index is 13.7. The Labute approximate surface area is 199 Å². The Bertz CT molecular complexity index is 1240. The molecule has 34 heavy (non-hydrogen) atoms. The van der Waals surface area contributed by atoms with Crippen molar-refractivity contribution in [1.82, 2.24) is 15.0 Å². The molecular weight excluding hydrogens is 457 g/mol. The predicted octanol–water partition coefficient (Wildman–Crippen LogP) is 3.78. The molecule has 0 saturated carbocycles. The van der Waals surface area contributed by atoms with Crippen molar-refractivity contribution in [1.29, 1.82) is 0 Å². The Kier molecular flexibility index (Phi) is 5.95. The SMILES string of the molecule is CSCCC(C(=O)N1CCc2noc(-c3ccc(F)cc3)c2C1)N1C(=O)c2ccccc2C1=O. The Balaban J connectivity index is 1.43. The monoisotopic (exact) mass is 479 g/mol. The van der Waals surface area contributed by atoms with E-state index >= 15 is 0 Å². The molecule has 7 nitrogen and oxygen atoms in total. The smallest absolute Gasteiger partial charge is 0.262 e. The minimum Gasteiger partial charge on any atom is -0.356 e. The van der Waals surface area contributed by atoms with Crippen molar-refractivity contribution >= 4 is 29.5 Å². The first-order valence-electron chi connectivity index (χ1n) is 11.0. The van der Waals surface area contributed by atoms with Gasteiger partial charge in [-0.1, -0.05) is 17.3 Å². The van der Waals surface area contributed by atoms with E-state index in [0.717, 1.165) is 16.2 Å². The molecule has 0 saturated heterocycles. The second-order valence-electron chi connectivity index (χ2n) is 8.28. The van der Waals surface area contributed by atoms with E-state index in [-0.39, 0.29) is 18.3 Å². The molecule has 1 atom stereocenters. The summed E-state index contributed by atoms with van der Waals surface area (Å²) >= 11 is 1.55. The highest BCUT2D eigenvalue weighted by Crippen LogP contribution is 2.32. The van der Waals surface area contributed by atoms with E-state index in [1.54, 1.807) is 53.1 Å².